The van der Waals surface area contributed by atoms with Crippen molar-refractivity contribution in [1.29, 1.82) is 0 Å². The molecule has 1 heterocycles. The molecular weight excluding hydrogens is 286 g/mol. The van der Waals surface area contributed by atoms with E-state index in [1.165, 1.54) is 24.2 Å². The lowest BCUT2D eigenvalue weighted by Crippen LogP contribution is -2.25. The molecule has 0 unspecified atom stereocenters. The number of nitrogens with zero attached hydrogens (tertiary/aromatic N) is 1. The molecule has 1 aromatic heterocycles. The van der Waals surface area contributed by atoms with Crippen molar-refractivity contribution in [1.82, 2.24) is 15.3 Å². The highest BCUT2D eigenvalue weighted by molar-refractivity contribution is 6.30. The first-order valence-corrected chi connectivity index (χ1v) is 7.66. The van der Waals surface area contributed by atoms with Crippen LogP contribution in [-0.2, 0) is 30.6 Å². The molecule has 0 fully saturated rings. The molecule has 0 aliphatic heterocycles. The zero-order valence-corrected chi connectivity index (χ0v) is 12.5. The summed E-state index contributed by atoms with van der Waals surface area (Å²) in [6.07, 6.45) is 4.90. The lowest BCUT2D eigenvalue weighted by molar-refractivity contribution is -0.120. The first-order valence-electron chi connectivity index (χ1n) is 7.28. The van der Waals surface area contributed by atoms with Gasteiger partial charge in [-0.1, -0.05) is 23.7 Å². The Bertz CT molecular complexity index is 610. The van der Waals surface area contributed by atoms with Crippen molar-refractivity contribution in [2.24, 2.45) is 0 Å². The third-order valence-electron chi connectivity index (χ3n) is 3.73. The SMILES string of the molecule is O=C(Cc1ccc(Cl)cc1)NCc1nc2c([nH]1)CCCC2. The van der Waals surface area contributed by atoms with Crippen molar-refractivity contribution in [2.45, 2.75) is 38.6 Å². The van der Waals surface area contributed by atoms with Crippen molar-refractivity contribution >= 4 is 17.5 Å². The van der Waals surface area contributed by atoms with Gasteiger partial charge in [0.1, 0.15) is 5.82 Å². The predicted molar refractivity (Wildman–Crippen MR) is 82.2 cm³/mol. The number of aromatic nitrogens is 2. The second kappa shape index (κ2) is 6.31. The molecule has 1 aromatic carbocycles. The summed E-state index contributed by atoms with van der Waals surface area (Å²) in [7, 11) is 0. The summed E-state index contributed by atoms with van der Waals surface area (Å²) in [4.78, 5) is 19.8. The number of carbonyl (C=O) groups is 1. The van der Waals surface area contributed by atoms with Gasteiger partial charge >= 0.3 is 0 Å². The smallest absolute Gasteiger partial charge is 0.224 e. The zero-order chi connectivity index (χ0) is 14.7. The third kappa shape index (κ3) is 3.64. The van der Waals surface area contributed by atoms with Gasteiger partial charge in [0.05, 0.1) is 18.7 Å². The van der Waals surface area contributed by atoms with Gasteiger partial charge in [-0.05, 0) is 43.4 Å². The molecule has 5 heteroatoms. The maximum Gasteiger partial charge on any atom is 0.224 e. The molecule has 2 aromatic rings. The number of hydrogen-bond donors (Lipinski definition) is 2. The number of nitrogens with one attached hydrogen (secondary N) is 2. The van der Waals surface area contributed by atoms with Crippen LogP contribution in [0.25, 0.3) is 0 Å². The van der Waals surface area contributed by atoms with Gasteiger partial charge in [0, 0.05) is 10.7 Å². The van der Waals surface area contributed by atoms with Crippen molar-refractivity contribution in [3.8, 4) is 0 Å². The van der Waals surface area contributed by atoms with Crippen LogP contribution >= 0.6 is 11.6 Å². The van der Waals surface area contributed by atoms with E-state index in [-0.39, 0.29) is 5.91 Å². The maximum atomic E-state index is 11.9. The van der Waals surface area contributed by atoms with Crippen LogP contribution in [0.5, 0.6) is 0 Å². The highest BCUT2D eigenvalue weighted by Gasteiger charge is 2.14. The summed E-state index contributed by atoms with van der Waals surface area (Å²) in [6.45, 7) is 0.458. The minimum Gasteiger partial charge on any atom is -0.349 e. The Labute approximate surface area is 128 Å². The molecule has 110 valence electrons. The van der Waals surface area contributed by atoms with Crippen LogP contribution < -0.4 is 5.32 Å². The Morgan fingerprint density at radius 3 is 2.76 bits per heavy atom. The quantitative estimate of drug-likeness (QED) is 0.912. The number of amides is 1. The second-order valence-electron chi connectivity index (χ2n) is 5.40. The number of halogens is 1. The molecule has 0 radical (unpaired) electrons. The standard InChI is InChI=1S/C16H18ClN3O/c17-12-7-5-11(6-8-12)9-16(21)18-10-15-19-13-3-1-2-4-14(13)20-15/h5-8H,1-4,9-10H2,(H,18,21)(H,19,20). The lowest BCUT2D eigenvalue weighted by atomic mass is 10.0. The molecule has 0 saturated carbocycles. The monoisotopic (exact) mass is 303 g/mol. The average molecular weight is 304 g/mol. The highest BCUT2D eigenvalue weighted by Crippen LogP contribution is 2.18. The lowest BCUT2D eigenvalue weighted by Gasteiger charge is -2.07. The Morgan fingerprint density at radius 2 is 2.00 bits per heavy atom. The number of carbonyl (C=O) groups excluding carboxylic acids is 1. The van der Waals surface area contributed by atoms with Gasteiger partial charge in [-0.2, -0.15) is 0 Å². The van der Waals surface area contributed by atoms with Gasteiger partial charge in [0.15, 0.2) is 0 Å². The number of benzene rings is 1. The van der Waals surface area contributed by atoms with Crippen LogP contribution in [0.1, 0.15) is 35.6 Å². The van der Waals surface area contributed by atoms with E-state index < -0.39 is 0 Å². The van der Waals surface area contributed by atoms with Crippen LogP contribution in [0.4, 0.5) is 0 Å². The molecule has 0 atom stereocenters. The van der Waals surface area contributed by atoms with Gasteiger partial charge in [-0.25, -0.2) is 4.98 Å². The Morgan fingerprint density at radius 1 is 1.24 bits per heavy atom. The van der Waals surface area contributed by atoms with Crippen molar-refractivity contribution in [2.75, 3.05) is 0 Å². The predicted octanol–water partition coefficient (Wildman–Crippen LogP) is 2.80. The molecular formula is C16H18ClN3O. The fraction of sp³-hybridized carbons (Fsp3) is 0.375. The number of rotatable bonds is 4. The Hall–Kier alpha value is -1.81. The minimum absolute atomic E-state index is 0.00769. The van der Waals surface area contributed by atoms with Gasteiger partial charge in [0.25, 0.3) is 0 Å². The first-order chi connectivity index (χ1) is 10.2. The highest BCUT2D eigenvalue weighted by atomic mass is 35.5. The molecule has 0 saturated heterocycles. The third-order valence-corrected chi connectivity index (χ3v) is 3.99. The number of fused-ring (bicyclic) bond motifs is 1. The number of aryl methyl sites for hydroxylation is 2. The van der Waals surface area contributed by atoms with Crippen LogP contribution in [0, 0.1) is 0 Å². The summed E-state index contributed by atoms with van der Waals surface area (Å²) in [5.74, 6) is 0.845. The molecule has 2 N–H and O–H groups in total. The summed E-state index contributed by atoms with van der Waals surface area (Å²) < 4.78 is 0. The summed E-state index contributed by atoms with van der Waals surface area (Å²) in [5, 5.41) is 3.59. The molecule has 0 bridgehead atoms. The summed E-state index contributed by atoms with van der Waals surface area (Å²) >= 11 is 5.83. The molecule has 0 spiro atoms. The number of imidazole rings is 1. The van der Waals surface area contributed by atoms with Gasteiger partial charge in [-0.15, -0.1) is 0 Å². The van der Waals surface area contributed by atoms with E-state index in [0.29, 0.717) is 18.0 Å². The van der Waals surface area contributed by atoms with Crippen molar-refractivity contribution in [3.63, 3.8) is 0 Å². The molecule has 1 aliphatic rings. The van der Waals surface area contributed by atoms with Gasteiger partial charge in [-0.3, -0.25) is 4.79 Å². The van der Waals surface area contributed by atoms with Crippen molar-refractivity contribution < 1.29 is 4.79 Å². The van der Waals surface area contributed by atoms with Crippen LogP contribution in [0.2, 0.25) is 5.02 Å². The van der Waals surface area contributed by atoms with Gasteiger partial charge in [0.2, 0.25) is 5.91 Å². The Kier molecular flexibility index (Phi) is 4.25. The molecule has 3 rings (SSSR count). The number of hydrogen-bond acceptors (Lipinski definition) is 2. The number of aromatic amines is 1. The van der Waals surface area contributed by atoms with E-state index in [0.717, 1.165) is 24.2 Å². The van der Waals surface area contributed by atoms with E-state index >= 15 is 0 Å². The van der Waals surface area contributed by atoms with E-state index in [1.54, 1.807) is 12.1 Å². The van der Waals surface area contributed by atoms with E-state index in [1.807, 2.05) is 12.1 Å². The fourth-order valence-electron chi connectivity index (χ4n) is 2.63. The largest absolute Gasteiger partial charge is 0.349 e. The van der Waals surface area contributed by atoms with Crippen LogP contribution in [0.15, 0.2) is 24.3 Å². The molecule has 1 amide bonds. The molecule has 21 heavy (non-hydrogen) atoms. The van der Waals surface area contributed by atoms with E-state index in [4.69, 9.17) is 11.6 Å². The van der Waals surface area contributed by atoms with E-state index in [9.17, 15) is 4.79 Å². The van der Waals surface area contributed by atoms with E-state index in [2.05, 4.69) is 15.3 Å². The Balaban J connectivity index is 1.53. The summed E-state index contributed by atoms with van der Waals surface area (Å²) in [6, 6.07) is 7.33. The van der Waals surface area contributed by atoms with Gasteiger partial charge < -0.3 is 10.3 Å². The minimum atomic E-state index is -0.00769. The second-order valence-corrected chi connectivity index (χ2v) is 5.83. The van der Waals surface area contributed by atoms with Crippen LogP contribution in [0.3, 0.4) is 0 Å². The summed E-state index contributed by atoms with van der Waals surface area (Å²) in [5.41, 5.74) is 3.36. The molecule has 4 nitrogen and oxygen atoms in total. The first kappa shape index (κ1) is 14.1. The topological polar surface area (TPSA) is 57.8 Å². The zero-order valence-electron chi connectivity index (χ0n) is 11.8. The fourth-order valence-corrected chi connectivity index (χ4v) is 2.75. The maximum absolute atomic E-state index is 11.9. The average Bonchev–Trinajstić information content (AvgIpc) is 2.90. The molecule has 1 aliphatic carbocycles. The normalized spacial score (nSPS) is 13.8. The number of H-pyrrole nitrogens is 1. The van der Waals surface area contributed by atoms with Crippen LogP contribution in [-0.4, -0.2) is 15.9 Å². The van der Waals surface area contributed by atoms with Crippen molar-refractivity contribution in [3.05, 3.63) is 52.1 Å².